The lowest BCUT2D eigenvalue weighted by Gasteiger charge is -2.60. The maximum Gasteiger partial charge on any atom is 0.161 e. The number of hydrogen-bond acceptors (Lipinski definition) is 3. The van der Waals surface area contributed by atoms with Crippen LogP contribution in [0.2, 0.25) is 0 Å². The van der Waals surface area contributed by atoms with Gasteiger partial charge in [0.25, 0.3) is 0 Å². The van der Waals surface area contributed by atoms with Crippen molar-refractivity contribution in [3.63, 3.8) is 0 Å². The first-order valence-electron chi connectivity index (χ1n) is 12.1. The highest BCUT2D eigenvalue weighted by Gasteiger charge is 2.53. The Balaban J connectivity index is 0.00000363. The molecule has 184 valence electrons. The van der Waals surface area contributed by atoms with Crippen LogP contribution in [-0.2, 0) is 11.3 Å². The summed E-state index contributed by atoms with van der Waals surface area (Å²) in [4.78, 5) is 0. The average Bonchev–Trinajstić information content (AvgIpc) is 2.78. The highest BCUT2D eigenvalue weighted by molar-refractivity contribution is 9.10. The summed E-state index contributed by atoms with van der Waals surface area (Å²) in [5, 5.41) is 0. The minimum absolute atomic E-state index is 0. The monoisotopic (exact) mass is 575 g/mol. The Hall–Kier alpha value is -0.300. The molecule has 0 radical (unpaired) electrons. The summed E-state index contributed by atoms with van der Waals surface area (Å²) in [6.07, 6.45) is 5.54. The van der Waals surface area contributed by atoms with Crippen molar-refractivity contribution in [2.24, 2.45) is 23.2 Å². The van der Waals surface area contributed by atoms with Crippen LogP contribution < -0.4 is 26.5 Å². The minimum Gasteiger partial charge on any atom is -1.00 e. The van der Waals surface area contributed by atoms with Gasteiger partial charge in [-0.3, -0.25) is 0 Å². The number of hydrogen-bond donors (Lipinski definition) is 0. The zero-order valence-electron chi connectivity index (χ0n) is 20.9. The minimum atomic E-state index is 0. The van der Waals surface area contributed by atoms with Crippen molar-refractivity contribution in [3.8, 4) is 11.5 Å². The third-order valence-electron chi connectivity index (χ3n) is 8.74. The van der Waals surface area contributed by atoms with Crippen molar-refractivity contribution in [2.45, 2.75) is 59.9 Å². The highest BCUT2D eigenvalue weighted by Crippen LogP contribution is 2.61. The first-order valence-corrected chi connectivity index (χ1v) is 12.9. The van der Waals surface area contributed by atoms with Gasteiger partial charge in [0.1, 0.15) is 13.1 Å². The summed E-state index contributed by atoms with van der Waals surface area (Å²) < 4.78 is 19.3. The molecule has 0 aliphatic heterocycles. The van der Waals surface area contributed by atoms with Gasteiger partial charge in [-0.05, 0) is 74.8 Å². The van der Waals surface area contributed by atoms with E-state index in [1.807, 2.05) is 6.07 Å². The standard InChI is InChI=1S/C26H43BrNO3.BrH/c1-7-28(8-2,18-20-15-24(29-5)25(30-6)17-23(20)27)12-14-31-13-11-19-9-10-21-16-22(19)26(21,3)4;/h15,17,19,21-22H,7-14,16,18H2,1-6H3;1H/q+1;/p-1. The van der Waals surface area contributed by atoms with Crippen LogP contribution in [0.15, 0.2) is 16.6 Å². The number of halogens is 2. The topological polar surface area (TPSA) is 27.7 Å². The third-order valence-corrected chi connectivity index (χ3v) is 9.48. The normalized spacial score (nSPS) is 23.8. The molecule has 32 heavy (non-hydrogen) atoms. The van der Waals surface area contributed by atoms with E-state index in [1.165, 1.54) is 31.2 Å². The van der Waals surface area contributed by atoms with Crippen LogP contribution >= 0.6 is 15.9 Å². The van der Waals surface area contributed by atoms with Crippen molar-refractivity contribution >= 4 is 15.9 Å². The number of ether oxygens (including phenoxy) is 3. The lowest BCUT2D eigenvalue weighted by molar-refractivity contribution is -0.938. The predicted molar refractivity (Wildman–Crippen MR) is 131 cm³/mol. The number of fused-ring (bicyclic) bond motifs is 2. The van der Waals surface area contributed by atoms with E-state index in [0.717, 1.165) is 77.6 Å². The van der Waals surface area contributed by atoms with E-state index >= 15 is 0 Å². The second-order valence-corrected chi connectivity index (χ2v) is 11.1. The van der Waals surface area contributed by atoms with Crippen LogP contribution in [0.25, 0.3) is 0 Å². The molecule has 0 N–H and O–H groups in total. The zero-order chi connectivity index (χ0) is 22.6. The molecule has 3 saturated carbocycles. The molecule has 0 spiro atoms. The molecule has 3 fully saturated rings. The Bertz CT molecular complexity index is 734. The van der Waals surface area contributed by atoms with E-state index in [2.05, 4.69) is 49.7 Å². The lowest BCUT2D eigenvalue weighted by Crippen LogP contribution is -3.00. The smallest absolute Gasteiger partial charge is 0.161 e. The Morgan fingerprint density at radius 3 is 2.25 bits per heavy atom. The summed E-state index contributed by atoms with van der Waals surface area (Å²) in [5.74, 6) is 4.34. The molecular weight excluding hydrogens is 534 g/mol. The number of nitrogens with zero attached hydrogens (tertiary/aromatic N) is 1. The maximum atomic E-state index is 6.21. The molecule has 4 nitrogen and oxygen atoms in total. The molecule has 2 bridgehead atoms. The summed E-state index contributed by atoms with van der Waals surface area (Å²) in [6.45, 7) is 15.4. The average molecular weight is 577 g/mol. The van der Waals surface area contributed by atoms with E-state index in [-0.39, 0.29) is 17.0 Å². The predicted octanol–water partition coefficient (Wildman–Crippen LogP) is 3.31. The largest absolute Gasteiger partial charge is 1.00 e. The van der Waals surface area contributed by atoms with Crippen molar-refractivity contribution in [3.05, 3.63) is 22.2 Å². The van der Waals surface area contributed by atoms with Gasteiger partial charge < -0.3 is 35.7 Å². The fraction of sp³-hybridized carbons (Fsp3) is 0.769. The molecule has 3 atom stereocenters. The Morgan fingerprint density at radius 2 is 1.69 bits per heavy atom. The molecule has 0 aromatic heterocycles. The Morgan fingerprint density at radius 1 is 1.03 bits per heavy atom. The van der Waals surface area contributed by atoms with E-state index in [9.17, 15) is 0 Å². The number of quaternary nitrogens is 1. The van der Waals surface area contributed by atoms with Crippen molar-refractivity contribution in [1.29, 1.82) is 0 Å². The van der Waals surface area contributed by atoms with Crippen molar-refractivity contribution in [2.75, 3.05) is 47.1 Å². The fourth-order valence-electron chi connectivity index (χ4n) is 6.12. The van der Waals surface area contributed by atoms with Gasteiger partial charge in [0.15, 0.2) is 11.5 Å². The molecule has 3 aliphatic carbocycles. The van der Waals surface area contributed by atoms with Crippen LogP contribution in [0.5, 0.6) is 11.5 Å². The van der Waals surface area contributed by atoms with E-state index < -0.39 is 0 Å². The number of benzene rings is 1. The van der Waals surface area contributed by atoms with Crippen LogP contribution in [0.4, 0.5) is 0 Å². The number of likely N-dealkylation sites (N-methyl/N-ethyl adjacent to an activating group) is 1. The van der Waals surface area contributed by atoms with Crippen LogP contribution in [0, 0.1) is 23.2 Å². The second kappa shape index (κ2) is 11.9. The molecule has 0 amide bonds. The number of methoxy groups -OCH3 is 2. The van der Waals surface area contributed by atoms with Crippen LogP contribution in [0.1, 0.15) is 58.9 Å². The summed E-state index contributed by atoms with van der Waals surface area (Å²) in [7, 11) is 3.37. The van der Waals surface area contributed by atoms with Crippen molar-refractivity contribution in [1.82, 2.24) is 0 Å². The molecule has 1 aromatic carbocycles. The first-order chi connectivity index (χ1) is 14.8. The van der Waals surface area contributed by atoms with Gasteiger partial charge in [0, 0.05) is 16.6 Å². The summed E-state index contributed by atoms with van der Waals surface area (Å²) >= 11 is 3.74. The second-order valence-electron chi connectivity index (χ2n) is 10.3. The first kappa shape index (κ1) is 27.9. The van der Waals surface area contributed by atoms with E-state index in [1.54, 1.807) is 14.2 Å². The van der Waals surface area contributed by atoms with Crippen LogP contribution in [0.3, 0.4) is 0 Å². The van der Waals surface area contributed by atoms with E-state index in [4.69, 9.17) is 14.2 Å². The van der Waals surface area contributed by atoms with Crippen molar-refractivity contribution < 1.29 is 35.7 Å². The van der Waals surface area contributed by atoms with E-state index in [0.29, 0.717) is 5.41 Å². The fourth-order valence-corrected chi connectivity index (χ4v) is 6.57. The van der Waals surface area contributed by atoms with Crippen LogP contribution in [-0.4, -0.2) is 51.6 Å². The molecule has 3 unspecified atom stereocenters. The quantitative estimate of drug-likeness (QED) is 0.282. The molecule has 0 heterocycles. The zero-order valence-corrected chi connectivity index (χ0v) is 24.1. The lowest BCUT2D eigenvalue weighted by atomic mass is 9.45. The number of rotatable bonds is 12. The van der Waals surface area contributed by atoms with Gasteiger partial charge in [-0.25, -0.2) is 0 Å². The molecular formula is C26H43Br2NO3. The molecule has 6 heteroatoms. The SMILES string of the molecule is CC[N+](CC)(CCOCCC1CCC2CC1C2(C)C)Cc1cc(OC)c(OC)cc1Br.[Br-]. The molecule has 4 rings (SSSR count). The molecule has 0 saturated heterocycles. The third kappa shape index (κ3) is 5.84. The molecule has 3 aliphatic rings. The van der Waals surface area contributed by atoms with Gasteiger partial charge in [0.2, 0.25) is 0 Å². The summed E-state index contributed by atoms with van der Waals surface area (Å²) in [5.41, 5.74) is 1.83. The Kier molecular flexibility index (Phi) is 10.4. The maximum absolute atomic E-state index is 6.21. The highest BCUT2D eigenvalue weighted by atomic mass is 79.9. The van der Waals surface area contributed by atoms with Gasteiger partial charge >= 0.3 is 0 Å². The Labute approximate surface area is 214 Å². The van der Waals surface area contributed by atoms with Gasteiger partial charge in [0.05, 0.1) is 33.9 Å². The van der Waals surface area contributed by atoms with Gasteiger partial charge in [-0.15, -0.1) is 0 Å². The summed E-state index contributed by atoms with van der Waals surface area (Å²) in [6, 6.07) is 4.13. The molecule has 1 aromatic rings. The van der Waals surface area contributed by atoms with Gasteiger partial charge in [-0.1, -0.05) is 29.8 Å². The van der Waals surface area contributed by atoms with Gasteiger partial charge in [-0.2, -0.15) is 0 Å².